The molecule has 2 rings (SSSR count). The van der Waals surface area contributed by atoms with E-state index in [0.717, 1.165) is 19.4 Å². The summed E-state index contributed by atoms with van der Waals surface area (Å²) in [5, 5.41) is 10.7. The van der Waals surface area contributed by atoms with Gasteiger partial charge in [-0.3, -0.25) is 14.9 Å². The molecular weight excluding hydrogens is 274 g/mol. The van der Waals surface area contributed by atoms with Gasteiger partial charge >= 0.3 is 5.69 Å². The summed E-state index contributed by atoms with van der Waals surface area (Å²) in [5.74, 6) is 0.495. The van der Waals surface area contributed by atoms with Gasteiger partial charge in [0, 0.05) is 33.3 Å². The topological polar surface area (TPSA) is 106 Å². The smallest absolute Gasteiger partial charge is 0.311 e. The van der Waals surface area contributed by atoms with Crippen molar-refractivity contribution in [3.8, 4) is 0 Å². The normalized spacial score (nSPS) is 18.4. The van der Waals surface area contributed by atoms with Gasteiger partial charge < -0.3 is 15.5 Å². The molecule has 114 valence electrons. The number of nitro groups is 1. The molecule has 0 saturated carbocycles. The van der Waals surface area contributed by atoms with Gasteiger partial charge in [0.15, 0.2) is 0 Å². The predicted octanol–water partition coefficient (Wildman–Crippen LogP) is 0.877. The Morgan fingerprint density at radius 1 is 1.52 bits per heavy atom. The third-order valence-electron chi connectivity index (χ3n) is 3.62. The van der Waals surface area contributed by atoms with Crippen LogP contribution in [-0.4, -0.2) is 47.9 Å². The minimum Gasteiger partial charge on any atom is -0.378 e. The van der Waals surface area contributed by atoms with Gasteiger partial charge in [-0.05, 0) is 18.9 Å². The Balaban J connectivity index is 2.16. The van der Waals surface area contributed by atoms with Crippen molar-refractivity contribution in [1.82, 2.24) is 9.88 Å². The van der Waals surface area contributed by atoms with Crippen LogP contribution in [0.15, 0.2) is 12.1 Å². The van der Waals surface area contributed by atoms with Gasteiger partial charge in [-0.1, -0.05) is 0 Å². The van der Waals surface area contributed by atoms with Crippen LogP contribution in [0.1, 0.15) is 12.8 Å². The fraction of sp³-hybridized carbons (Fsp3) is 0.538. The second-order valence-electron chi connectivity index (χ2n) is 5.35. The van der Waals surface area contributed by atoms with E-state index in [2.05, 4.69) is 4.98 Å². The second-order valence-corrected chi connectivity index (χ2v) is 5.35. The van der Waals surface area contributed by atoms with Crippen molar-refractivity contribution in [2.75, 3.05) is 37.8 Å². The van der Waals surface area contributed by atoms with E-state index in [1.54, 1.807) is 25.1 Å². The summed E-state index contributed by atoms with van der Waals surface area (Å²) in [6.45, 7) is 1.32. The Labute approximate surface area is 122 Å². The molecule has 2 N–H and O–H groups in total. The molecule has 1 aromatic rings. The van der Waals surface area contributed by atoms with Crippen molar-refractivity contribution >= 4 is 23.2 Å². The molecule has 0 radical (unpaired) electrons. The van der Waals surface area contributed by atoms with Crippen LogP contribution >= 0.6 is 0 Å². The van der Waals surface area contributed by atoms with E-state index in [1.807, 2.05) is 4.90 Å². The molecule has 8 nitrogen and oxygen atoms in total. The summed E-state index contributed by atoms with van der Waals surface area (Å²) >= 11 is 0. The molecule has 1 saturated heterocycles. The first-order chi connectivity index (χ1) is 9.90. The summed E-state index contributed by atoms with van der Waals surface area (Å²) in [6, 6.07) is 2.94. The molecule has 0 spiro atoms. The number of aromatic nitrogens is 1. The lowest BCUT2D eigenvalue weighted by Crippen LogP contribution is -2.43. The predicted molar refractivity (Wildman–Crippen MR) is 78.9 cm³/mol. The largest absolute Gasteiger partial charge is 0.378 e. The quantitative estimate of drug-likeness (QED) is 0.655. The number of hydrogen-bond acceptors (Lipinski definition) is 6. The molecule has 1 aliphatic heterocycles. The summed E-state index contributed by atoms with van der Waals surface area (Å²) in [6.07, 6.45) is 1.72. The number of carbonyl (C=O) groups is 1. The first-order valence-corrected chi connectivity index (χ1v) is 6.77. The maximum Gasteiger partial charge on any atom is 0.311 e. The van der Waals surface area contributed by atoms with Crippen LogP contribution in [0.25, 0.3) is 0 Å². The number of nitrogens with two attached hydrogens (primary N) is 1. The monoisotopic (exact) mass is 293 g/mol. The maximum atomic E-state index is 12.0. The lowest BCUT2D eigenvalue weighted by atomic mass is 9.97. The highest BCUT2D eigenvalue weighted by Crippen LogP contribution is 2.27. The van der Waals surface area contributed by atoms with Crippen molar-refractivity contribution in [2.45, 2.75) is 12.8 Å². The average Bonchev–Trinajstić information content (AvgIpc) is 2.46. The van der Waals surface area contributed by atoms with Gasteiger partial charge in [0.05, 0.1) is 10.8 Å². The first-order valence-electron chi connectivity index (χ1n) is 6.77. The molecule has 1 aliphatic rings. The summed E-state index contributed by atoms with van der Waals surface area (Å²) < 4.78 is 0. The van der Waals surface area contributed by atoms with Crippen molar-refractivity contribution in [3.63, 3.8) is 0 Å². The van der Waals surface area contributed by atoms with Crippen LogP contribution in [0.4, 0.5) is 17.3 Å². The van der Waals surface area contributed by atoms with E-state index in [1.165, 1.54) is 6.07 Å². The molecule has 1 amide bonds. The van der Waals surface area contributed by atoms with Crippen LogP contribution in [0.3, 0.4) is 0 Å². The summed E-state index contributed by atoms with van der Waals surface area (Å²) in [4.78, 5) is 29.9. The lowest BCUT2D eigenvalue weighted by Gasteiger charge is -2.34. The number of amides is 1. The number of carbonyl (C=O) groups excluding carboxylic acids is 1. The zero-order chi connectivity index (χ0) is 15.6. The lowest BCUT2D eigenvalue weighted by molar-refractivity contribution is -0.384. The van der Waals surface area contributed by atoms with E-state index in [0.29, 0.717) is 12.4 Å². The second kappa shape index (κ2) is 5.94. The van der Waals surface area contributed by atoms with E-state index in [4.69, 9.17) is 5.73 Å². The van der Waals surface area contributed by atoms with Gasteiger partial charge in [-0.15, -0.1) is 0 Å². The number of rotatable bonds is 3. The van der Waals surface area contributed by atoms with Gasteiger partial charge in [-0.2, -0.15) is 0 Å². The summed E-state index contributed by atoms with van der Waals surface area (Å²) in [7, 11) is 3.48. The zero-order valence-corrected chi connectivity index (χ0v) is 12.2. The molecule has 1 aromatic heterocycles. The van der Waals surface area contributed by atoms with E-state index < -0.39 is 4.92 Å². The van der Waals surface area contributed by atoms with E-state index in [-0.39, 0.29) is 23.3 Å². The number of pyridine rings is 1. The minimum absolute atomic E-state index is 0.0769. The zero-order valence-electron chi connectivity index (χ0n) is 12.2. The number of nitrogen functional groups attached to an aromatic ring is 1. The number of anilines is 2. The maximum absolute atomic E-state index is 12.0. The Kier molecular flexibility index (Phi) is 4.25. The van der Waals surface area contributed by atoms with Gasteiger partial charge in [-0.25, -0.2) is 4.98 Å². The highest BCUT2D eigenvalue weighted by Gasteiger charge is 2.28. The Morgan fingerprint density at radius 3 is 2.81 bits per heavy atom. The van der Waals surface area contributed by atoms with Gasteiger partial charge in [0.2, 0.25) is 11.7 Å². The molecule has 1 unspecified atom stereocenters. The molecule has 2 heterocycles. The molecule has 0 aromatic carbocycles. The first kappa shape index (κ1) is 15.0. The number of nitrogens with zero attached hydrogens (tertiary/aromatic N) is 4. The highest BCUT2D eigenvalue weighted by atomic mass is 16.6. The van der Waals surface area contributed by atoms with Crippen molar-refractivity contribution < 1.29 is 9.72 Å². The third-order valence-corrected chi connectivity index (χ3v) is 3.62. The fourth-order valence-corrected chi connectivity index (χ4v) is 2.54. The van der Waals surface area contributed by atoms with Crippen LogP contribution in [-0.2, 0) is 4.79 Å². The Hall–Kier alpha value is -2.38. The van der Waals surface area contributed by atoms with Crippen LogP contribution in [0.2, 0.25) is 0 Å². The molecule has 0 bridgehead atoms. The van der Waals surface area contributed by atoms with Crippen LogP contribution in [0, 0.1) is 16.0 Å². The van der Waals surface area contributed by atoms with Crippen molar-refractivity contribution in [2.24, 2.45) is 5.92 Å². The van der Waals surface area contributed by atoms with Gasteiger partial charge in [0.25, 0.3) is 0 Å². The minimum atomic E-state index is -0.555. The number of piperidine rings is 1. The van der Waals surface area contributed by atoms with Crippen LogP contribution < -0.4 is 10.6 Å². The number of hydrogen-bond donors (Lipinski definition) is 1. The van der Waals surface area contributed by atoms with Gasteiger partial charge in [0.1, 0.15) is 5.82 Å². The molecule has 1 fully saturated rings. The molecule has 8 heteroatoms. The molecule has 1 atom stereocenters. The SMILES string of the molecule is CN(C)C(=O)C1CCCN(c2ccc([N+](=O)[O-])c(N)n2)C1. The van der Waals surface area contributed by atoms with Crippen LogP contribution in [0.5, 0.6) is 0 Å². The third kappa shape index (κ3) is 3.21. The fourth-order valence-electron chi connectivity index (χ4n) is 2.54. The van der Waals surface area contributed by atoms with Crippen molar-refractivity contribution in [1.29, 1.82) is 0 Å². The van der Waals surface area contributed by atoms with E-state index >= 15 is 0 Å². The molecular formula is C13H19N5O3. The van der Waals surface area contributed by atoms with Crippen molar-refractivity contribution in [3.05, 3.63) is 22.2 Å². The molecule has 21 heavy (non-hydrogen) atoms. The standard InChI is InChI=1S/C13H19N5O3/c1-16(2)13(19)9-4-3-7-17(8-9)11-6-5-10(18(20)21)12(14)15-11/h5-6,9H,3-4,7-8H2,1-2H3,(H2,14,15). The van der Waals surface area contributed by atoms with E-state index in [9.17, 15) is 14.9 Å². The molecule has 0 aliphatic carbocycles. The Morgan fingerprint density at radius 2 is 2.24 bits per heavy atom. The Bertz CT molecular complexity index is 561. The summed E-state index contributed by atoms with van der Waals surface area (Å²) in [5.41, 5.74) is 5.42. The average molecular weight is 293 g/mol. The highest BCUT2D eigenvalue weighted by molar-refractivity contribution is 5.79.